The van der Waals surface area contributed by atoms with E-state index in [2.05, 4.69) is 4.98 Å². The van der Waals surface area contributed by atoms with Gasteiger partial charge in [-0.1, -0.05) is 11.6 Å². The normalized spacial score (nSPS) is 10.6. The molecule has 100 valence electrons. The van der Waals surface area contributed by atoms with E-state index in [1.165, 1.54) is 0 Å². The molecule has 0 bridgehead atoms. The number of rotatable bonds is 3. The number of aliphatic hydroxyl groups excluding tert-OH is 1. The lowest BCUT2D eigenvalue weighted by Crippen LogP contribution is -1.97. The summed E-state index contributed by atoms with van der Waals surface area (Å²) in [4.78, 5) is 4.33. The fraction of sp³-hybridized carbons (Fsp3) is 0.267. The third-order valence-corrected chi connectivity index (χ3v) is 3.19. The molecule has 2 aromatic rings. The zero-order valence-electron chi connectivity index (χ0n) is 11.2. The molecule has 0 atom stereocenters. The zero-order chi connectivity index (χ0) is 14.0. The van der Waals surface area contributed by atoms with Gasteiger partial charge in [-0.05, 0) is 55.7 Å². The van der Waals surface area contributed by atoms with Gasteiger partial charge in [0.1, 0.15) is 5.75 Å². The number of aliphatic hydroxyl groups is 1. The predicted molar refractivity (Wildman–Crippen MR) is 75.9 cm³/mol. The average molecular weight is 278 g/mol. The van der Waals surface area contributed by atoms with E-state index in [9.17, 15) is 0 Å². The number of aromatic nitrogens is 1. The van der Waals surface area contributed by atoms with Gasteiger partial charge in [-0.25, -0.2) is 4.98 Å². The lowest BCUT2D eigenvalue weighted by Gasteiger charge is -2.12. The molecule has 0 fully saturated rings. The topological polar surface area (TPSA) is 42.4 Å². The van der Waals surface area contributed by atoms with Gasteiger partial charge < -0.3 is 9.84 Å². The van der Waals surface area contributed by atoms with Crippen molar-refractivity contribution in [3.8, 4) is 11.6 Å². The van der Waals surface area contributed by atoms with E-state index in [1.54, 1.807) is 6.07 Å². The van der Waals surface area contributed by atoms with E-state index in [1.807, 2.05) is 39.0 Å². The van der Waals surface area contributed by atoms with Crippen LogP contribution in [0.2, 0.25) is 5.02 Å². The number of nitrogens with zero attached hydrogens (tertiary/aromatic N) is 1. The first-order chi connectivity index (χ1) is 9.01. The predicted octanol–water partition coefficient (Wildman–Crippen LogP) is 3.94. The molecule has 0 unspecified atom stereocenters. The van der Waals surface area contributed by atoms with Crippen LogP contribution >= 0.6 is 11.6 Å². The standard InChI is InChI=1S/C15H16ClNO2/c1-9-6-13(16)7-10(2)15(9)19-14-5-4-12(8-18)11(3)17-14/h4-7,18H,8H2,1-3H3. The summed E-state index contributed by atoms with van der Waals surface area (Å²) in [5, 5.41) is 9.82. The Kier molecular flexibility index (Phi) is 4.08. The molecule has 3 nitrogen and oxygen atoms in total. The summed E-state index contributed by atoms with van der Waals surface area (Å²) in [5.41, 5.74) is 3.51. The van der Waals surface area contributed by atoms with Crippen molar-refractivity contribution in [3.63, 3.8) is 0 Å². The van der Waals surface area contributed by atoms with Crippen molar-refractivity contribution in [2.45, 2.75) is 27.4 Å². The lowest BCUT2D eigenvalue weighted by atomic mass is 10.1. The first-order valence-electron chi connectivity index (χ1n) is 6.03. The van der Waals surface area contributed by atoms with Crippen molar-refractivity contribution in [2.75, 3.05) is 0 Å². The van der Waals surface area contributed by atoms with E-state index < -0.39 is 0 Å². The Morgan fingerprint density at radius 2 is 1.79 bits per heavy atom. The molecule has 0 saturated carbocycles. The highest BCUT2D eigenvalue weighted by Gasteiger charge is 2.09. The van der Waals surface area contributed by atoms with Crippen LogP contribution in [0.5, 0.6) is 11.6 Å². The number of hydrogen-bond donors (Lipinski definition) is 1. The molecule has 0 spiro atoms. The third-order valence-electron chi connectivity index (χ3n) is 2.97. The first-order valence-corrected chi connectivity index (χ1v) is 6.41. The number of ether oxygens (including phenoxy) is 1. The first kappa shape index (κ1) is 13.8. The van der Waals surface area contributed by atoms with Crippen LogP contribution < -0.4 is 4.74 Å². The van der Waals surface area contributed by atoms with Crippen LogP contribution in [0.25, 0.3) is 0 Å². The van der Waals surface area contributed by atoms with Crippen molar-refractivity contribution in [1.29, 1.82) is 0 Å². The molecule has 0 saturated heterocycles. The maximum atomic E-state index is 9.12. The van der Waals surface area contributed by atoms with Gasteiger partial charge in [-0.3, -0.25) is 0 Å². The quantitative estimate of drug-likeness (QED) is 0.924. The van der Waals surface area contributed by atoms with Gasteiger partial charge in [0, 0.05) is 16.8 Å². The summed E-state index contributed by atoms with van der Waals surface area (Å²) in [6, 6.07) is 7.29. The second-order valence-electron chi connectivity index (χ2n) is 4.52. The van der Waals surface area contributed by atoms with E-state index in [0.717, 1.165) is 28.1 Å². The van der Waals surface area contributed by atoms with Crippen LogP contribution in [0.4, 0.5) is 0 Å². The lowest BCUT2D eigenvalue weighted by molar-refractivity contribution is 0.280. The van der Waals surface area contributed by atoms with Crippen LogP contribution in [0.15, 0.2) is 24.3 Å². The molecule has 0 aliphatic rings. The second-order valence-corrected chi connectivity index (χ2v) is 4.96. The van der Waals surface area contributed by atoms with Crippen molar-refractivity contribution >= 4 is 11.6 Å². The minimum Gasteiger partial charge on any atom is -0.438 e. The largest absolute Gasteiger partial charge is 0.438 e. The molecule has 1 aromatic carbocycles. The molecule has 0 aliphatic carbocycles. The van der Waals surface area contributed by atoms with Gasteiger partial charge in [-0.2, -0.15) is 0 Å². The maximum Gasteiger partial charge on any atom is 0.219 e. The van der Waals surface area contributed by atoms with Gasteiger partial charge in [0.25, 0.3) is 0 Å². The summed E-state index contributed by atoms with van der Waals surface area (Å²) >= 11 is 5.99. The Balaban J connectivity index is 2.34. The third kappa shape index (κ3) is 3.06. The number of hydrogen-bond acceptors (Lipinski definition) is 3. The van der Waals surface area contributed by atoms with Crippen molar-refractivity contribution in [3.05, 3.63) is 51.7 Å². The molecular weight excluding hydrogens is 262 g/mol. The summed E-state index contributed by atoms with van der Waals surface area (Å²) in [5.74, 6) is 1.29. The van der Waals surface area contributed by atoms with E-state index in [0.29, 0.717) is 10.9 Å². The van der Waals surface area contributed by atoms with Crippen LogP contribution in [0.1, 0.15) is 22.4 Å². The molecule has 0 radical (unpaired) electrons. The van der Waals surface area contributed by atoms with Crippen LogP contribution in [-0.4, -0.2) is 10.1 Å². The fourth-order valence-electron chi connectivity index (χ4n) is 1.95. The Bertz CT molecular complexity index is 588. The number of halogens is 1. The van der Waals surface area contributed by atoms with Crippen LogP contribution in [0, 0.1) is 20.8 Å². The Hall–Kier alpha value is -1.58. The molecule has 1 N–H and O–H groups in total. The van der Waals surface area contributed by atoms with E-state index in [-0.39, 0.29) is 6.61 Å². The number of aryl methyl sites for hydroxylation is 3. The zero-order valence-corrected chi connectivity index (χ0v) is 12.0. The molecule has 0 aliphatic heterocycles. The Morgan fingerprint density at radius 1 is 1.16 bits per heavy atom. The highest BCUT2D eigenvalue weighted by atomic mass is 35.5. The van der Waals surface area contributed by atoms with Crippen molar-refractivity contribution < 1.29 is 9.84 Å². The summed E-state index contributed by atoms with van der Waals surface area (Å²) in [7, 11) is 0. The minimum absolute atomic E-state index is 0.0158. The molecule has 1 heterocycles. The molecule has 1 aromatic heterocycles. The van der Waals surface area contributed by atoms with Crippen LogP contribution in [0.3, 0.4) is 0 Å². The van der Waals surface area contributed by atoms with E-state index in [4.69, 9.17) is 21.4 Å². The monoisotopic (exact) mass is 277 g/mol. The summed E-state index contributed by atoms with van der Waals surface area (Å²) < 4.78 is 5.82. The van der Waals surface area contributed by atoms with Gasteiger partial charge in [0.15, 0.2) is 0 Å². The summed E-state index contributed by atoms with van der Waals surface area (Å²) in [6.07, 6.45) is 0. The Morgan fingerprint density at radius 3 is 2.32 bits per heavy atom. The average Bonchev–Trinajstić information content (AvgIpc) is 2.34. The van der Waals surface area contributed by atoms with Gasteiger partial charge in [-0.15, -0.1) is 0 Å². The highest BCUT2D eigenvalue weighted by Crippen LogP contribution is 2.30. The van der Waals surface area contributed by atoms with Gasteiger partial charge >= 0.3 is 0 Å². The molecular formula is C15H16ClNO2. The molecule has 19 heavy (non-hydrogen) atoms. The van der Waals surface area contributed by atoms with Crippen LogP contribution in [-0.2, 0) is 6.61 Å². The SMILES string of the molecule is Cc1cc(Cl)cc(C)c1Oc1ccc(CO)c(C)n1. The minimum atomic E-state index is -0.0158. The van der Waals surface area contributed by atoms with Crippen molar-refractivity contribution in [2.24, 2.45) is 0 Å². The fourth-order valence-corrected chi connectivity index (χ4v) is 2.28. The smallest absolute Gasteiger partial charge is 0.219 e. The van der Waals surface area contributed by atoms with Gasteiger partial charge in [0.05, 0.1) is 6.61 Å². The maximum absolute atomic E-state index is 9.12. The molecule has 4 heteroatoms. The number of pyridine rings is 1. The second kappa shape index (κ2) is 5.59. The van der Waals surface area contributed by atoms with Crippen molar-refractivity contribution in [1.82, 2.24) is 4.98 Å². The van der Waals surface area contributed by atoms with Gasteiger partial charge in [0.2, 0.25) is 5.88 Å². The Labute approximate surface area is 117 Å². The van der Waals surface area contributed by atoms with E-state index >= 15 is 0 Å². The number of benzene rings is 1. The molecule has 2 rings (SSSR count). The molecule has 0 amide bonds. The highest BCUT2D eigenvalue weighted by molar-refractivity contribution is 6.30. The summed E-state index contributed by atoms with van der Waals surface area (Å²) in [6.45, 7) is 5.73.